The molecule has 0 fully saturated rings. The molecule has 1 aliphatic rings. The quantitative estimate of drug-likeness (QED) is 0.803. The second-order valence-corrected chi connectivity index (χ2v) is 7.20. The highest BCUT2D eigenvalue weighted by Gasteiger charge is 2.56. The molecular weight excluding hydrogens is 344 g/mol. The first-order chi connectivity index (χ1) is 10.9. The van der Waals surface area contributed by atoms with Crippen LogP contribution in [0.3, 0.4) is 0 Å². The summed E-state index contributed by atoms with van der Waals surface area (Å²) in [6, 6.07) is 3.90. The maximum atomic E-state index is 14.5. The van der Waals surface area contributed by atoms with Crippen molar-refractivity contribution in [3.05, 3.63) is 28.8 Å². The molecule has 8 heteroatoms. The van der Waals surface area contributed by atoms with Crippen LogP contribution in [0, 0.1) is 0 Å². The normalized spacial score (nSPS) is 23.4. The fourth-order valence-corrected chi connectivity index (χ4v) is 2.73. The van der Waals surface area contributed by atoms with Crippen molar-refractivity contribution < 1.29 is 28.5 Å². The second-order valence-electron chi connectivity index (χ2n) is 6.77. The van der Waals surface area contributed by atoms with Gasteiger partial charge in [0.15, 0.2) is 5.60 Å². The van der Waals surface area contributed by atoms with Gasteiger partial charge in [0.1, 0.15) is 5.60 Å². The van der Waals surface area contributed by atoms with Crippen LogP contribution in [0.1, 0.15) is 32.8 Å². The number of anilines is 1. The van der Waals surface area contributed by atoms with Gasteiger partial charge in [-0.15, -0.1) is 0 Å². The molecule has 1 aromatic carbocycles. The lowest BCUT2D eigenvalue weighted by Gasteiger charge is -2.33. The van der Waals surface area contributed by atoms with E-state index in [9.17, 15) is 23.8 Å². The van der Waals surface area contributed by atoms with E-state index in [0.717, 1.165) is 11.0 Å². The molecule has 1 aliphatic heterocycles. The first kappa shape index (κ1) is 18.9. The number of hydrogen-bond donors (Lipinski definition) is 2. The lowest BCUT2D eigenvalue weighted by molar-refractivity contribution is -0.205. The van der Waals surface area contributed by atoms with E-state index < -0.39 is 36.2 Å². The van der Waals surface area contributed by atoms with Crippen molar-refractivity contribution >= 4 is 23.4 Å². The fourth-order valence-electron chi connectivity index (χ4n) is 2.56. The van der Waals surface area contributed by atoms with Gasteiger partial charge < -0.3 is 14.9 Å². The molecule has 0 aliphatic carbocycles. The zero-order valence-corrected chi connectivity index (χ0v) is 14.4. The molecule has 0 saturated heterocycles. The Bertz CT molecular complexity index is 647. The van der Waals surface area contributed by atoms with E-state index in [0.29, 0.717) is 0 Å². The van der Waals surface area contributed by atoms with E-state index in [1.807, 2.05) is 0 Å². The van der Waals surface area contributed by atoms with Crippen LogP contribution in [0.4, 0.5) is 19.3 Å². The summed E-state index contributed by atoms with van der Waals surface area (Å²) in [5.74, 6) is -3.65. The number of rotatable bonds is 1. The molecule has 134 valence electrons. The van der Waals surface area contributed by atoms with Crippen LogP contribution in [0.15, 0.2) is 18.2 Å². The Morgan fingerprint density at radius 3 is 2.58 bits per heavy atom. The number of halogens is 3. The minimum absolute atomic E-state index is 0.0300. The fraction of sp³-hybridized carbons (Fsp3) is 0.562. The van der Waals surface area contributed by atoms with Gasteiger partial charge >= 0.3 is 6.09 Å². The number of benzene rings is 1. The third-order valence-electron chi connectivity index (χ3n) is 3.79. The maximum Gasteiger partial charge on any atom is 0.414 e. The second kappa shape index (κ2) is 6.13. The van der Waals surface area contributed by atoms with Gasteiger partial charge in [0.25, 0.3) is 5.92 Å². The summed E-state index contributed by atoms with van der Waals surface area (Å²) in [5, 5.41) is 20.0. The first-order valence-corrected chi connectivity index (χ1v) is 7.81. The highest BCUT2D eigenvalue weighted by molar-refractivity contribution is 6.30. The lowest BCUT2D eigenvalue weighted by Crippen LogP contribution is -2.48. The molecule has 0 bridgehead atoms. The van der Waals surface area contributed by atoms with Crippen LogP contribution in [0.25, 0.3) is 0 Å². The molecule has 1 aromatic rings. The predicted molar refractivity (Wildman–Crippen MR) is 85.6 cm³/mol. The molecule has 2 N–H and O–H groups in total. The van der Waals surface area contributed by atoms with Gasteiger partial charge in [-0.25, -0.2) is 13.6 Å². The van der Waals surface area contributed by atoms with Gasteiger partial charge in [-0.05, 0) is 39.0 Å². The van der Waals surface area contributed by atoms with Crippen molar-refractivity contribution in [1.29, 1.82) is 0 Å². The molecule has 0 aromatic heterocycles. The van der Waals surface area contributed by atoms with Gasteiger partial charge in [0, 0.05) is 23.6 Å². The third-order valence-corrected chi connectivity index (χ3v) is 4.03. The Balaban J connectivity index is 2.59. The average Bonchev–Trinajstić information content (AvgIpc) is 2.52. The van der Waals surface area contributed by atoms with Crippen LogP contribution in [0.5, 0.6) is 0 Å². The minimum Gasteiger partial charge on any atom is -0.443 e. The zero-order chi connectivity index (χ0) is 18.3. The monoisotopic (exact) mass is 363 g/mol. The molecular formula is C16H20ClF2NO4. The van der Waals surface area contributed by atoms with Gasteiger partial charge in [-0.1, -0.05) is 11.6 Å². The molecule has 24 heavy (non-hydrogen) atoms. The Kier molecular flexibility index (Phi) is 4.82. The summed E-state index contributed by atoms with van der Waals surface area (Å²) in [6.45, 7) is 3.38. The Morgan fingerprint density at radius 2 is 2.04 bits per heavy atom. The number of amides is 1. The smallest absolute Gasteiger partial charge is 0.414 e. The molecule has 5 nitrogen and oxygen atoms in total. The number of ether oxygens (including phenoxy) is 1. The van der Waals surface area contributed by atoms with Gasteiger partial charge in [-0.2, -0.15) is 0 Å². The summed E-state index contributed by atoms with van der Waals surface area (Å²) in [7, 11) is 0. The number of hydrogen-bond acceptors (Lipinski definition) is 4. The number of carbonyl (C=O) groups excluding carboxylic acids is 1. The number of fused-ring (bicyclic) bond motifs is 1. The van der Waals surface area contributed by atoms with Crippen molar-refractivity contribution in [2.24, 2.45) is 0 Å². The lowest BCUT2D eigenvalue weighted by atomic mass is 9.86. The van der Waals surface area contributed by atoms with E-state index in [1.54, 1.807) is 20.8 Å². The highest BCUT2D eigenvalue weighted by Crippen LogP contribution is 2.47. The Labute approximate surface area is 143 Å². The van der Waals surface area contributed by atoms with E-state index in [4.69, 9.17) is 16.3 Å². The molecule has 0 radical (unpaired) electrons. The molecule has 0 saturated carbocycles. The van der Waals surface area contributed by atoms with E-state index >= 15 is 0 Å². The topological polar surface area (TPSA) is 70.0 Å². The Morgan fingerprint density at radius 1 is 1.42 bits per heavy atom. The van der Waals surface area contributed by atoms with Crippen molar-refractivity contribution in [3.63, 3.8) is 0 Å². The van der Waals surface area contributed by atoms with Crippen LogP contribution in [-0.2, 0) is 10.3 Å². The van der Waals surface area contributed by atoms with Crippen LogP contribution >= 0.6 is 11.6 Å². The number of alkyl halides is 2. The highest BCUT2D eigenvalue weighted by atomic mass is 35.5. The predicted octanol–water partition coefficient (Wildman–Crippen LogP) is 3.30. The minimum atomic E-state index is -3.65. The van der Waals surface area contributed by atoms with E-state index in [-0.39, 0.29) is 22.8 Å². The van der Waals surface area contributed by atoms with Crippen molar-refractivity contribution in [2.75, 3.05) is 18.1 Å². The zero-order valence-electron chi connectivity index (χ0n) is 13.6. The summed E-state index contributed by atoms with van der Waals surface area (Å²) < 4.78 is 34.2. The SMILES string of the molecule is CC(C)(C)OC(=O)N1CCC(F)(F)[C@](O)(CO)c2cc(Cl)ccc21. The summed E-state index contributed by atoms with van der Waals surface area (Å²) in [5.41, 5.74) is -3.94. The summed E-state index contributed by atoms with van der Waals surface area (Å²) in [4.78, 5) is 13.4. The van der Waals surface area contributed by atoms with Crippen molar-refractivity contribution in [2.45, 2.75) is 44.3 Å². The Hall–Kier alpha value is -1.44. The number of carbonyl (C=O) groups is 1. The number of nitrogens with zero attached hydrogens (tertiary/aromatic N) is 1. The molecule has 2 rings (SSSR count). The van der Waals surface area contributed by atoms with Crippen molar-refractivity contribution in [3.8, 4) is 0 Å². The first-order valence-electron chi connectivity index (χ1n) is 7.43. The summed E-state index contributed by atoms with van der Waals surface area (Å²) >= 11 is 5.87. The van der Waals surface area contributed by atoms with E-state index in [2.05, 4.69) is 0 Å². The average molecular weight is 364 g/mol. The number of aliphatic hydroxyl groups is 2. The van der Waals surface area contributed by atoms with Crippen LogP contribution in [-0.4, -0.2) is 41.0 Å². The molecule has 1 heterocycles. The van der Waals surface area contributed by atoms with E-state index in [1.165, 1.54) is 12.1 Å². The maximum absolute atomic E-state index is 14.5. The van der Waals surface area contributed by atoms with Crippen molar-refractivity contribution in [1.82, 2.24) is 0 Å². The van der Waals surface area contributed by atoms with Gasteiger partial charge in [0.05, 0.1) is 12.3 Å². The largest absolute Gasteiger partial charge is 0.443 e. The molecule has 1 atom stereocenters. The molecule has 1 amide bonds. The number of aliphatic hydroxyl groups excluding tert-OH is 1. The molecule has 0 unspecified atom stereocenters. The standard InChI is InChI=1S/C16H20ClF2NO4/c1-14(2,3)24-13(22)20-7-6-16(18,19)15(23,9-21)11-8-10(17)4-5-12(11)20/h4-5,8,21,23H,6-7,9H2,1-3H3/t15-/m0/s1. The van der Waals surface area contributed by atoms with Gasteiger partial charge in [0.2, 0.25) is 0 Å². The van der Waals surface area contributed by atoms with Crippen LogP contribution < -0.4 is 4.90 Å². The molecule has 0 spiro atoms. The third kappa shape index (κ3) is 3.34. The summed E-state index contributed by atoms with van der Waals surface area (Å²) in [6.07, 6.45) is -1.65. The van der Waals surface area contributed by atoms with Crippen LogP contribution in [0.2, 0.25) is 5.02 Å². The van der Waals surface area contributed by atoms with Gasteiger partial charge in [-0.3, -0.25) is 4.90 Å².